The van der Waals surface area contributed by atoms with E-state index >= 15 is 0 Å². The van der Waals surface area contributed by atoms with Gasteiger partial charge in [0.15, 0.2) is 5.09 Å². The van der Waals surface area contributed by atoms with Crippen LogP contribution < -0.4 is 4.74 Å². The fraction of sp³-hybridized carbons (Fsp3) is 0.214. The number of benzene rings is 1. The summed E-state index contributed by atoms with van der Waals surface area (Å²) in [7, 11) is 0. The largest absolute Gasteiger partial charge is 0.494 e. The van der Waals surface area contributed by atoms with E-state index in [2.05, 4.69) is 0 Å². The highest BCUT2D eigenvalue weighted by atomic mass is 32.2. The maximum atomic E-state index is 10.7. The molecule has 0 fully saturated rings. The van der Waals surface area contributed by atoms with Crippen molar-refractivity contribution in [3.05, 3.63) is 47.7 Å². The van der Waals surface area contributed by atoms with Crippen molar-refractivity contribution in [2.45, 2.75) is 17.8 Å². The molecule has 0 aliphatic heterocycles. The van der Waals surface area contributed by atoms with Gasteiger partial charge in [0.1, 0.15) is 5.75 Å². The molecule has 0 atom stereocenters. The van der Waals surface area contributed by atoms with Crippen LogP contribution in [0.2, 0.25) is 0 Å². The number of hydrogen-bond acceptors (Lipinski definition) is 4. The molecular formula is C14H14O4S. The molecule has 1 heterocycles. The number of aromatic carboxylic acids is 1. The van der Waals surface area contributed by atoms with Crippen LogP contribution in [0.4, 0.5) is 0 Å². The van der Waals surface area contributed by atoms with E-state index < -0.39 is 5.97 Å². The molecule has 4 nitrogen and oxygen atoms in total. The third kappa shape index (κ3) is 3.79. The van der Waals surface area contributed by atoms with Gasteiger partial charge in [0.25, 0.3) is 0 Å². The molecule has 2 rings (SSSR count). The summed E-state index contributed by atoms with van der Waals surface area (Å²) in [5, 5.41) is 9.35. The van der Waals surface area contributed by atoms with Crippen LogP contribution in [0, 0.1) is 0 Å². The van der Waals surface area contributed by atoms with Gasteiger partial charge in [0, 0.05) is 5.75 Å². The minimum Gasteiger partial charge on any atom is -0.494 e. The summed E-state index contributed by atoms with van der Waals surface area (Å²) >= 11 is 1.46. The smallest absolute Gasteiger partial charge is 0.371 e. The molecule has 0 amide bonds. The van der Waals surface area contributed by atoms with Gasteiger partial charge in [-0.3, -0.25) is 0 Å². The van der Waals surface area contributed by atoms with Crippen molar-refractivity contribution in [1.82, 2.24) is 0 Å². The first-order valence-electron chi connectivity index (χ1n) is 5.86. The van der Waals surface area contributed by atoms with Gasteiger partial charge in [-0.05, 0) is 36.8 Å². The zero-order chi connectivity index (χ0) is 13.7. The van der Waals surface area contributed by atoms with Crippen molar-refractivity contribution in [2.24, 2.45) is 0 Å². The average molecular weight is 278 g/mol. The summed E-state index contributed by atoms with van der Waals surface area (Å²) in [6, 6.07) is 10.9. The zero-order valence-electron chi connectivity index (χ0n) is 10.5. The summed E-state index contributed by atoms with van der Waals surface area (Å²) in [5.74, 6) is 0.489. The highest BCUT2D eigenvalue weighted by molar-refractivity contribution is 7.98. The molecular weight excluding hydrogens is 264 g/mol. The van der Waals surface area contributed by atoms with Crippen molar-refractivity contribution in [1.29, 1.82) is 0 Å². The number of carboxylic acids is 1. The van der Waals surface area contributed by atoms with Crippen LogP contribution in [0.5, 0.6) is 5.75 Å². The average Bonchev–Trinajstić information content (AvgIpc) is 2.87. The van der Waals surface area contributed by atoms with E-state index in [1.807, 2.05) is 31.2 Å². The minimum atomic E-state index is -1.05. The summed E-state index contributed by atoms with van der Waals surface area (Å²) in [4.78, 5) is 10.7. The number of hydrogen-bond donors (Lipinski definition) is 1. The zero-order valence-corrected chi connectivity index (χ0v) is 11.3. The molecule has 0 bridgehead atoms. The maximum Gasteiger partial charge on any atom is 0.371 e. The molecule has 0 saturated carbocycles. The van der Waals surface area contributed by atoms with Crippen LogP contribution in [0.3, 0.4) is 0 Å². The Morgan fingerprint density at radius 1 is 1.26 bits per heavy atom. The Bertz CT molecular complexity index is 545. The molecule has 1 aromatic heterocycles. The molecule has 0 saturated heterocycles. The monoisotopic (exact) mass is 278 g/mol. The Morgan fingerprint density at radius 3 is 2.58 bits per heavy atom. The number of thioether (sulfide) groups is 1. The Hall–Kier alpha value is -1.88. The number of carbonyl (C=O) groups is 1. The highest BCUT2D eigenvalue weighted by Gasteiger charge is 2.09. The lowest BCUT2D eigenvalue weighted by molar-refractivity contribution is 0.0656. The van der Waals surface area contributed by atoms with Gasteiger partial charge >= 0.3 is 5.97 Å². The van der Waals surface area contributed by atoms with E-state index in [0.717, 1.165) is 17.1 Å². The van der Waals surface area contributed by atoms with Crippen molar-refractivity contribution in [3.8, 4) is 5.75 Å². The van der Waals surface area contributed by atoms with Gasteiger partial charge in [-0.1, -0.05) is 23.9 Å². The van der Waals surface area contributed by atoms with Gasteiger partial charge in [0.2, 0.25) is 5.76 Å². The predicted octanol–water partition coefficient (Wildman–Crippen LogP) is 3.67. The highest BCUT2D eigenvalue weighted by Crippen LogP contribution is 2.25. The first-order chi connectivity index (χ1) is 9.19. The predicted molar refractivity (Wildman–Crippen MR) is 72.8 cm³/mol. The molecule has 0 unspecified atom stereocenters. The maximum absolute atomic E-state index is 10.7. The molecule has 0 radical (unpaired) electrons. The second-order valence-corrected chi connectivity index (χ2v) is 4.77. The summed E-state index contributed by atoms with van der Waals surface area (Å²) in [6.07, 6.45) is 0. The van der Waals surface area contributed by atoms with Gasteiger partial charge in [-0.2, -0.15) is 0 Å². The molecule has 0 aliphatic carbocycles. The number of furan rings is 1. The van der Waals surface area contributed by atoms with Crippen molar-refractivity contribution >= 4 is 17.7 Å². The van der Waals surface area contributed by atoms with Crippen LogP contribution in [0.25, 0.3) is 0 Å². The number of ether oxygens (including phenoxy) is 1. The number of carboxylic acid groups (broad SMARTS) is 1. The van der Waals surface area contributed by atoms with Crippen LogP contribution in [0.1, 0.15) is 23.0 Å². The van der Waals surface area contributed by atoms with Gasteiger partial charge in [0.05, 0.1) is 6.61 Å². The third-order valence-electron chi connectivity index (χ3n) is 2.41. The SMILES string of the molecule is CCOc1ccc(CSc2ccc(C(=O)O)o2)cc1. The molecule has 5 heteroatoms. The fourth-order valence-electron chi connectivity index (χ4n) is 1.52. The second kappa shape index (κ2) is 6.33. The third-order valence-corrected chi connectivity index (χ3v) is 3.39. The topological polar surface area (TPSA) is 59.7 Å². The van der Waals surface area contributed by atoms with E-state index in [0.29, 0.717) is 11.7 Å². The van der Waals surface area contributed by atoms with Crippen molar-refractivity contribution in [3.63, 3.8) is 0 Å². The number of rotatable bonds is 6. The molecule has 1 aromatic carbocycles. The quantitative estimate of drug-likeness (QED) is 0.817. The first-order valence-corrected chi connectivity index (χ1v) is 6.85. The first kappa shape index (κ1) is 13.5. The van der Waals surface area contributed by atoms with Gasteiger partial charge in [-0.15, -0.1) is 0 Å². The van der Waals surface area contributed by atoms with Crippen molar-refractivity contribution in [2.75, 3.05) is 6.61 Å². The lowest BCUT2D eigenvalue weighted by atomic mass is 10.2. The normalized spacial score (nSPS) is 10.4. The van der Waals surface area contributed by atoms with E-state index in [1.54, 1.807) is 6.07 Å². The molecule has 0 spiro atoms. The Balaban J connectivity index is 1.92. The van der Waals surface area contributed by atoms with E-state index in [-0.39, 0.29) is 5.76 Å². The van der Waals surface area contributed by atoms with Crippen molar-refractivity contribution < 1.29 is 19.1 Å². The standard InChI is InChI=1S/C14H14O4S/c1-2-17-11-5-3-10(4-6-11)9-19-13-8-7-12(18-13)14(15)16/h3-8H,2,9H2,1H3,(H,15,16). The van der Waals surface area contributed by atoms with Crippen LogP contribution >= 0.6 is 11.8 Å². The Labute approximate surface area is 115 Å². The van der Waals surface area contributed by atoms with Gasteiger partial charge in [-0.25, -0.2) is 4.79 Å². The molecule has 2 aromatic rings. The van der Waals surface area contributed by atoms with E-state index in [1.165, 1.54) is 17.8 Å². The minimum absolute atomic E-state index is 0.0332. The van der Waals surface area contributed by atoms with Crippen LogP contribution in [-0.4, -0.2) is 17.7 Å². The molecule has 100 valence electrons. The lowest BCUT2D eigenvalue weighted by Gasteiger charge is -2.04. The second-order valence-electron chi connectivity index (χ2n) is 3.79. The van der Waals surface area contributed by atoms with Gasteiger partial charge < -0.3 is 14.3 Å². The summed E-state index contributed by atoms with van der Waals surface area (Å²) in [6.45, 7) is 2.60. The fourth-order valence-corrected chi connectivity index (χ4v) is 2.33. The summed E-state index contributed by atoms with van der Waals surface area (Å²) in [5.41, 5.74) is 1.13. The van der Waals surface area contributed by atoms with E-state index in [4.69, 9.17) is 14.3 Å². The summed E-state index contributed by atoms with van der Waals surface area (Å²) < 4.78 is 10.5. The lowest BCUT2D eigenvalue weighted by Crippen LogP contribution is -1.91. The van der Waals surface area contributed by atoms with E-state index in [9.17, 15) is 4.79 Å². The Kier molecular flexibility index (Phi) is 4.52. The molecule has 19 heavy (non-hydrogen) atoms. The molecule has 0 aliphatic rings. The molecule has 1 N–H and O–H groups in total. The van der Waals surface area contributed by atoms with Crippen LogP contribution in [-0.2, 0) is 5.75 Å². The Morgan fingerprint density at radius 2 is 2.00 bits per heavy atom. The van der Waals surface area contributed by atoms with Crippen LogP contribution in [0.15, 0.2) is 45.9 Å².